The molecule has 1 aliphatic heterocycles. The van der Waals surface area contributed by atoms with Crippen molar-refractivity contribution in [2.75, 3.05) is 26.7 Å². The number of halogens is 1. The number of hydrogen-bond donors (Lipinski definition) is 1. The van der Waals surface area contributed by atoms with E-state index in [-0.39, 0.29) is 0 Å². The van der Waals surface area contributed by atoms with Crippen LogP contribution >= 0.6 is 15.9 Å². The zero-order chi connectivity index (χ0) is 13.8. The van der Waals surface area contributed by atoms with Crippen LogP contribution in [0.4, 0.5) is 0 Å². The average Bonchev–Trinajstić information content (AvgIpc) is 2.82. The number of nitrogens with zero attached hydrogens (tertiary/aromatic N) is 2. The molecule has 0 radical (unpaired) electrons. The smallest absolute Gasteiger partial charge is 0.134 e. The summed E-state index contributed by atoms with van der Waals surface area (Å²) >= 11 is 3.37. The molecule has 3 nitrogen and oxygen atoms in total. The lowest BCUT2D eigenvalue weighted by Gasteiger charge is -2.28. The molecular formula is C15H23BrN2O. The average molecular weight is 327 g/mol. The number of phenols is 1. The summed E-state index contributed by atoms with van der Waals surface area (Å²) in [7, 11) is 2.13. The standard InChI is InChI=1S/C15H23BrN2O/c1-3-18-9-5-7-13(18)11-17(2)10-12-6-4-8-14(16)15(12)19/h4,6,8,13,19H,3,5,7,9-11H2,1-2H3. The molecule has 1 aromatic carbocycles. The maximum absolute atomic E-state index is 10.0. The Bertz CT molecular complexity index is 425. The van der Waals surface area contributed by atoms with Crippen molar-refractivity contribution in [2.45, 2.75) is 32.4 Å². The van der Waals surface area contributed by atoms with Crippen LogP contribution < -0.4 is 0 Å². The number of rotatable bonds is 5. The van der Waals surface area contributed by atoms with E-state index in [2.05, 4.69) is 39.7 Å². The number of hydrogen-bond acceptors (Lipinski definition) is 3. The Morgan fingerprint density at radius 1 is 1.47 bits per heavy atom. The van der Waals surface area contributed by atoms with Gasteiger partial charge in [0.05, 0.1) is 4.47 Å². The molecule has 1 heterocycles. The molecule has 4 heteroatoms. The van der Waals surface area contributed by atoms with Crippen molar-refractivity contribution in [1.29, 1.82) is 0 Å². The van der Waals surface area contributed by atoms with E-state index in [9.17, 15) is 5.11 Å². The first-order valence-electron chi connectivity index (χ1n) is 7.00. The molecule has 0 bridgehead atoms. The minimum atomic E-state index is 0.369. The van der Waals surface area contributed by atoms with E-state index in [1.54, 1.807) is 0 Å². The summed E-state index contributed by atoms with van der Waals surface area (Å²) in [6, 6.07) is 6.50. The van der Waals surface area contributed by atoms with Gasteiger partial charge in [-0.3, -0.25) is 4.90 Å². The lowest BCUT2D eigenvalue weighted by atomic mass is 10.1. The van der Waals surface area contributed by atoms with Gasteiger partial charge in [-0.15, -0.1) is 0 Å². The lowest BCUT2D eigenvalue weighted by molar-refractivity contribution is 0.194. The van der Waals surface area contributed by atoms with Crippen LogP contribution in [-0.2, 0) is 6.54 Å². The van der Waals surface area contributed by atoms with Gasteiger partial charge >= 0.3 is 0 Å². The molecule has 0 spiro atoms. The van der Waals surface area contributed by atoms with Crippen LogP contribution in [0, 0.1) is 0 Å². The van der Waals surface area contributed by atoms with Crippen molar-refractivity contribution >= 4 is 15.9 Å². The third-order valence-corrected chi connectivity index (χ3v) is 4.58. The summed E-state index contributed by atoms with van der Waals surface area (Å²) in [5.41, 5.74) is 0.984. The van der Waals surface area contributed by atoms with Crippen molar-refractivity contribution in [3.8, 4) is 5.75 Å². The number of phenolic OH excluding ortho intramolecular Hbond substituents is 1. The SMILES string of the molecule is CCN1CCCC1CN(C)Cc1cccc(Br)c1O. The molecule has 1 atom stereocenters. The number of para-hydroxylation sites is 1. The number of benzene rings is 1. The Kier molecular flexibility index (Phi) is 5.25. The fourth-order valence-corrected chi connectivity index (χ4v) is 3.33. The van der Waals surface area contributed by atoms with Crippen molar-refractivity contribution < 1.29 is 5.11 Å². The zero-order valence-electron chi connectivity index (χ0n) is 11.8. The molecule has 1 N–H and O–H groups in total. The Labute approximate surface area is 124 Å². The molecule has 0 aliphatic carbocycles. The third kappa shape index (κ3) is 3.71. The van der Waals surface area contributed by atoms with E-state index >= 15 is 0 Å². The fourth-order valence-electron chi connectivity index (χ4n) is 2.92. The highest BCUT2D eigenvalue weighted by atomic mass is 79.9. The zero-order valence-corrected chi connectivity index (χ0v) is 13.4. The van der Waals surface area contributed by atoms with Gasteiger partial charge in [-0.2, -0.15) is 0 Å². The van der Waals surface area contributed by atoms with Crippen LogP contribution in [-0.4, -0.2) is 47.6 Å². The number of likely N-dealkylation sites (N-methyl/N-ethyl adjacent to an activating group) is 2. The molecule has 0 aromatic heterocycles. The van der Waals surface area contributed by atoms with Crippen LogP contribution in [0.15, 0.2) is 22.7 Å². The van der Waals surface area contributed by atoms with Crippen molar-refractivity contribution in [1.82, 2.24) is 9.80 Å². The highest BCUT2D eigenvalue weighted by Gasteiger charge is 2.24. The maximum Gasteiger partial charge on any atom is 0.134 e. The van der Waals surface area contributed by atoms with Gasteiger partial charge in [0, 0.05) is 24.7 Å². The largest absolute Gasteiger partial charge is 0.506 e. The molecule has 19 heavy (non-hydrogen) atoms. The van der Waals surface area contributed by atoms with Crippen molar-refractivity contribution in [3.63, 3.8) is 0 Å². The highest BCUT2D eigenvalue weighted by molar-refractivity contribution is 9.10. The highest BCUT2D eigenvalue weighted by Crippen LogP contribution is 2.28. The molecule has 1 aromatic rings. The van der Waals surface area contributed by atoms with E-state index < -0.39 is 0 Å². The second kappa shape index (κ2) is 6.73. The first kappa shape index (κ1) is 14.8. The van der Waals surface area contributed by atoms with Gasteiger partial charge in [-0.1, -0.05) is 19.1 Å². The molecule has 0 amide bonds. The van der Waals surface area contributed by atoms with Crippen molar-refractivity contribution in [3.05, 3.63) is 28.2 Å². The van der Waals surface area contributed by atoms with Gasteiger partial charge in [0.1, 0.15) is 5.75 Å². The second-order valence-corrected chi connectivity index (χ2v) is 6.22. The van der Waals surface area contributed by atoms with Crippen molar-refractivity contribution in [2.24, 2.45) is 0 Å². The summed E-state index contributed by atoms with van der Waals surface area (Å²) in [6.07, 6.45) is 2.61. The molecule has 1 unspecified atom stereocenters. The van der Waals surface area contributed by atoms with Gasteiger partial charge in [-0.05, 0) is 55.0 Å². The molecule has 1 aliphatic rings. The third-order valence-electron chi connectivity index (χ3n) is 3.94. The quantitative estimate of drug-likeness (QED) is 0.900. The van der Waals surface area contributed by atoms with E-state index in [1.165, 1.54) is 19.4 Å². The van der Waals surface area contributed by atoms with Crippen LogP contribution in [0.25, 0.3) is 0 Å². The Morgan fingerprint density at radius 2 is 2.26 bits per heavy atom. The van der Waals surface area contributed by atoms with Crippen LogP contribution in [0.3, 0.4) is 0 Å². The molecule has 106 valence electrons. The molecule has 1 fully saturated rings. The Balaban J connectivity index is 1.94. The van der Waals surface area contributed by atoms with Gasteiger partial charge in [0.2, 0.25) is 0 Å². The molecule has 1 saturated heterocycles. The lowest BCUT2D eigenvalue weighted by Crippen LogP contribution is -2.38. The Hall–Kier alpha value is -0.580. The molecule has 0 saturated carbocycles. The Morgan fingerprint density at radius 3 is 3.00 bits per heavy atom. The van der Waals surface area contributed by atoms with Crippen LogP contribution in [0.1, 0.15) is 25.3 Å². The predicted octanol–water partition coefficient (Wildman–Crippen LogP) is 3.07. The van der Waals surface area contributed by atoms with Gasteiger partial charge in [0.25, 0.3) is 0 Å². The summed E-state index contributed by atoms with van der Waals surface area (Å²) in [5.74, 6) is 0.369. The van der Waals surface area contributed by atoms with Crippen LogP contribution in [0.5, 0.6) is 5.75 Å². The van der Waals surface area contributed by atoms with E-state index in [0.29, 0.717) is 11.8 Å². The van der Waals surface area contributed by atoms with Gasteiger partial charge in [0.15, 0.2) is 0 Å². The normalized spacial score (nSPS) is 20.3. The first-order valence-corrected chi connectivity index (χ1v) is 7.80. The monoisotopic (exact) mass is 326 g/mol. The molecular weight excluding hydrogens is 304 g/mol. The maximum atomic E-state index is 10.0. The topological polar surface area (TPSA) is 26.7 Å². The summed E-state index contributed by atoms with van der Waals surface area (Å²) in [6.45, 7) is 6.47. The fraction of sp³-hybridized carbons (Fsp3) is 0.600. The first-order chi connectivity index (χ1) is 9.11. The molecule has 2 rings (SSSR count). The van der Waals surface area contributed by atoms with E-state index in [4.69, 9.17) is 0 Å². The van der Waals surface area contributed by atoms with Gasteiger partial charge in [-0.25, -0.2) is 0 Å². The summed E-state index contributed by atoms with van der Waals surface area (Å²) in [4.78, 5) is 4.86. The van der Waals surface area contributed by atoms with E-state index in [0.717, 1.165) is 29.7 Å². The number of aromatic hydroxyl groups is 1. The van der Waals surface area contributed by atoms with E-state index in [1.807, 2.05) is 18.2 Å². The predicted molar refractivity (Wildman–Crippen MR) is 82.4 cm³/mol. The number of likely N-dealkylation sites (tertiary alicyclic amines) is 1. The second-order valence-electron chi connectivity index (χ2n) is 5.37. The minimum absolute atomic E-state index is 0.369. The summed E-state index contributed by atoms with van der Waals surface area (Å²) < 4.78 is 0.773. The summed E-state index contributed by atoms with van der Waals surface area (Å²) in [5, 5.41) is 10.0. The van der Waals surface area contributed by atoms with Crippen LogP contribution in [0.2, 0.25) is 0 Å². The van der Waals surface area contributed by atoms with Gasteiger partial charge < -0.3 is 10.0 Å². The minimum Gasteiger partial charge on any atom is -0.506 e.